The van der Waals surface area contributed by atoms with Crippen LogP contribution in [0.1, 0.15) is 26.3 Å². The number of benzene rings is 3. The number of para-hydroxylation sites is 1. The molecule has 3 N–H and O–H groups in total. The van der Waals surface area contributed by atoms with E-state index >= 15 is 0 Å². The van der Waals surface area contributed by atoms with E-state index in [1.165, 1.54) is 18.2 Å². The smallest absolute Gasteiger partial charge is 0.365 e. The topological polar surface area (TPSA) is 85.1 Å². The van der Waals surface area contributed by atoms with E-state index in [0.717, 1.165) is 12.1 Å². The van der Waals surface area contributed by atoms with Crippen molar-refractivity contribution in [2.45, 2.75) is 6.18 Å². The minimum absolute atomic E-state index is 0.00317. The van der Waals surface area contributed by atoms with Gasteiger partial charge in [0.15, 0.2) is 0 Å². The van der Waals surface area contributed by atoms with Gasteiger partial charge < -0.3 is 11.1 Å². The predicted octanol–water partition coefficient (Wildman–Crippen LogP) is 5.27. The van der Waals surface area contributed by atoms with Crippen LogP contribution in [-0.2, 0) is 6.18 Å². The van der Waals surface area contributed by atoms with Crippen molar-refractivity contribution in [2.24, 2.45) is 5.73 Å². The number of halogens is 3. The van der Waals surface area contributed by atoms with Crippen molar-refractivity contribution in [3.63, 3.8) is 0 Å². The Morgan fingerprint density at radius 1 is 0.844 bits per heavy atom. The normalized spacial score (nSPS) is 11.3. The highest BCUT2D eigenvalue weighted by atomic mass is 19.4. The van der Waals surface area contributed by atoms with Gasteiger partial charge in [-0.2, -0.15) is 13.2 Å². The number of nitrogens with zero attached hydrogens (tertiary/aromatic N) is 1. The molecule has 0 aliphatic rings. The summed E-state index contributed by atoms with van der Waals surface area (Å²) in [5, 5.41) is 3.30. The summed E-state index contributed by atoms with van der Waals surface area (Å²) in [6.45, 7) is 0. The number of rotatable bonds is 4. The van der Waals surface area contributed by atoms with Crippen LogP contribution in [0, 0.1) is 0 Å². The Morgan fingerprint density at radius 3 is 2.19 bits per heavy atom. The number of hydrogen-bond acceptors (Lipinski definition) is 3. The van der Waals surface area contributed by atoms with Gasteiger partial charge in [0, 0.05) is 10.9 Å². The van der Waals surface area contributed by atoms with E-state index in [1.807, 2.05) is 0 Å². The van der Waals surface area contributed by atoms with Crippen molar-refractivity contribution in [1.82, 2.24) is 4.98 Å². The number of hydrogen-bond donors (Lipinski definition) is 2. The maximum atomic E-state index is 13.1. The van der Waals surface area contributed by atoms with Gasteiger partial charge in [0.1, 0.15) is 5.82 Å². The summed E-state index contributed by atoms with van der Waals surface area (Å²) in [5.74, 6) is -1.33. The monoisotopic (exact) mass is 435 g/mol. The zero-order valence-corrected chi connectivity index (χ0v) is 16.5. The largest absolute Gasteiger partial charge is 0.416 e. The van der Waals surface area contributed by atoms with E-state index in [0.29, 0.717) is 22.0 Å². The third-order valence-electron chi connectivity index (χ3n) is 4.92. The SMILES string of the molecule is NC(=O)c1cc2ccccc2nc1NC(=O)c1ccccc1-c1ccc(C(F)(F)F)cc1. The van der Waals surface area contributed by atoms with Crippen LogP contribution in [0.5, 0.6) is 0 Å². The molecule has 5 nitrogen and oxygen atoms in total. The molecule has 0 bridgehead atoms. The minimum atomic E-state index is -4.46. The van der Waals surface area contributed by atoms with Crippen LogP contribution in [0.3, 0.4) is 0 Å². The van der Waals surface area contributed by atoms with Crippen LogP contribution < -0.4 is 11.1 Å². The number of primary amides is 1. The number of anilines is 1. The number of carbonyl (C=O) groups is 2. The highest BCUT2D eigenvalue weighted by Gasteiger charge is 2.30. The standard InChI is InChI=1S/C24H16F3N3O2/c25-24(26,27)16-11-9-14(10-12-16)17-6-2-3-7-18(17)23(32)30-22-19(21(28)31)13-15-5-1-4-8-20(15)29-22/h1-13H,(H2,28,31)(H,29,30,32). The molecule has 0 radical (unpaired) electrons. The van der Waals surface area contributed by atoms with E-state index in [-0.39, 0.29) is 16.9 Å². The molecule has 0 saturated carbocycles. The summed E-state index contributed by atoms with van der Waals surface area (Å²) in [6, 6.07) is 19.6. The molecule has 32 heavy (non-hydrogen) atoms. The lowest BCUT2D eigenvalue weighted by molar-refractivity contribution is -0.137. The van der Waals surface area contributed by atoms with Gasteiger partial charge >= 0.3 is 6.18 Å². The second-order valence-corrected chi connectivity index (χ2v) is 7.02. The predicted molar refractivity (Wildman–Crippen MR) is 115 cm³/mol. The first-order valence-electron chi connectivity index (χ1n) is 9.51. The quantitative estimate of drug-likeness (QED) is 0.458. The molecule has 160 valence electrons. The summed E-state index contributed by atoms with van der Waals surface area (Å²) in [6.07, 6.45) is -4.46. The van der Waals surface area contributed by atoms with E-state index in [1.54, 1.807) is 48.5 Å². The highest BCUT2D eigenvalue weighted by molar-refractivity contribution is 6.12. The molecular weight excluding hydrogens is 419 g/mol. The summed E-state index contributed by atoms with van der Waals surface area (Å²) in [7, 11) is 0. The fourth-order valence-corrected chi connectivity index (χ4v) is 3.35. The van der Waals surface area contributed by atoms with Crippen LogP contribution in [0.2, 0.25) is 0 Å². The molecule has 0 aliphatic carbocycles. The second kappa shape index (κ2) is 8.14. The van der Waals surface area contributed by atoms with Gasteiger partial charge in [-0.1, -0.05) is 48.5 Å². The molecule has 1 heterocycles. The molecule has 3 aromatic carbocycles. The number of fused-ring (bicyclic) bond motifs is 1. The molecule has 4 aromatic rings. The number of nitrogens with one attached hydrogen (secondary N) is 1. The van der Waals surface area contributed by atoms with Gasteiger partial charge in [-0.15, -0.1) is 0 Å². The number of carbonyl (C=O) groups excluding carboxylic acids is 2. The number of nitrogens with two attached hydrogens (primary N) is 1. The number of aromatic nitrogens is 1. The lowest BCUT2D eigenvalue weighted by Gasteiger charge is -2.13. The van der Waals surface area contributed by atoms with Gasteiger partial charge in [0.2, 0.25) is 0 Å². The van der Waals surface area contributed by atoms with Crippen LogP contribution in [0.25, 0.3) is 22.0 Å². The molecular formula is C24H16F3N3O2. The highest BCUT2D eigenvalue weighted by Crippen LogP contribution is 2.32. The molecule has 0 unspecified atom stereocenters. The lowest BCUT2D eigenvalue weighted by atomic mass is 9.98. The zero-order chi connectivity index (χ0) is 22.9. The molecule has 1 aromatic heterocycles. The third kappa shape index (κ3) is 4.15. The Bertz CT molecular complexity index is 1330. The fourth-order valence-electron chi connectivity index (χ4n) is 3.35. The van der Waals surface area contributed by atoms with Crippen LogP contribution in [0.4, 0.5) is 19.0 Å². The summed E-state index contributed by atoms with van der Waals surface area (Å²) >= 11 is 0. The molecule has 0 saturated heterocycles. The Morgan fingerprint density at radius 2 is 1.50 bits per heavy atom. The third-order valence-corrected chi connectivity index (χ3v) is 4.92. The van der Waals surface area contributed by atoms with Gasteiger partial charge in [-0.25, -0.2) is 4.98 Å². The average Bonchev–Trinajstić information content (AvgIpc) is 2.78. The van der Waals surface area contributed by atoms with Crippen LogP contribution in [0.15, 0.2) is 78.9 Å². The van der Waals surface area contributed by atoms with Crippen molar-refractivity contribution >= 4 is 28.5 Å². The maximum Gasteiger partial charge on any atom is 0.416 e. The van der Waals surface area contributed by atoms with Crippen molar-refractivity contribution in [1.29, 1.82) is 0 Å². The van der Waals surface area contributed by atoms with Crippen molar-refractivity contribution in [2.75, 3.05) is 5.32 Å². The first-order chi connectivity index (χ1) is 15.2. The van der Waals surface area contributed by atoms with E-state index in [2.05, 4.69) is 10.3 Å². The van der Waals surface area contributed by atoms with Gasteiger partial charge in [0.25, 0.3) is 11.8 Å². The summed E-state index contributed by atoms with van der Waals surface area (Å²) in [4.78, 5) is 29.3. The van der Waals surface area contributed by atoms with Gasteiger partial charge in [0.05, 0.1) is 16.6 Å². The van der Waals surface area contributed by atoms with Gasteiger partial charge in [-0.05, 0) is 41.5 Å². The maximum absolute atomic E-state index is 13.1. The zero-order valence-electron chi connectivity index (χ0n) is 16.5. The minimum Gasteiger partial charge on any atom is -0.365 e. The molecule has 8 heteroatoms. The number of alkyl halides is 3. The van der Waals surface area contributed by atoms with Crippen molar-refractivity contribution in [3.05, 3.63) is 95.6 Å². The molecule has 0 atom stereocenters. The summed E-state index contributed by atoms with van der Waals surface area (Å²) in [5.41, 5.74) is 6.36. The Kier molecular flexibility index (Phi) is 5.36. The number of amides is 2. The number of pyridine rings is 1. The second-order valence-electron chi connectivity index (χ2n) is 7.02. The first kappa shape index (κ1) is 21.0. The molecule has 0 aliphatic heterocycles. The summed E-state index contributed by atoms with van der Waals surface area (Å²) < 4.78 is 38.6. The Hall–Kier alpha value is -4.20. The molecule has 0 fully saturated rings. The lowest BCUT2D eigenvalue weighted by Crippen LogP contribution is -2.20. The molecule has 2 amide bonds. The average molecular weight is 435 g/mol. The van der Waals surface area contributed by atoms with E-state index < -0.39 is 23.6 Å². The Balaban J connectivity index is 1.71. The Labute approximate surface area is 180 Å². The van der Waals surface area contributed by atoms with E-state index in [4.69, 9.17) is 5.73 Å². The van der Waals surface area contributed by atoms with Crippen LogP contribution in [-0.4, -0.2) is 16.8 Å². The van der Waals surface area contributed by atoms with Crippen molar-refractivity contribution < 1.29 is 22.8 Å². The molecule has 4 rings (SSSR count). The van der Waals surface area contributed by atoms with Gasteiger partial charge in [-0.3, -0.25) is 9.59 Å². The first-order valence-corrected chi connectivity index (χ1v) is 9.51. The fraction of sp³-hybridized carbons (Fsp3) is 0.0417. The van der Waals surface area contributed by atoms with E-state index in [9.17, 15) is 22.8 Å². The van der Waals surface area contributed by atoms with Crippen LogP contribution >= 0.6 is 0 Å². The molecule has 0 spiro atoms. The van der Waals surface area contributed by atoms with Crippen molar-refractivity contribution in [3.8, 4) is 11.1 Å².